The van der Waals surface area contributed by atoms with E-state index in [-0.39, 0.29) is 18.3 Å². The van der Waals surface area contributed by atoms with Crippen molar-refractivity contribution < 1.29 is 18.6 Å². The lowest BCUT2D eigenvalue weighted by molar-refractivity contribution is 0.00578. The van der Waals surface area contributed by atoms with Crippen LogP contribution in [0.3, 0.4) is 0 Å². The van der Waals surface area contributed by atoms with Crippen LogP contribution in [0.15, 0.2) is 73.0 Å². The van der Waals surface area contributed by atoms with Crippen LogP contribution in [0.5, 0.6) is 0 Å². The first-order valence-corrected chi connectivity index (χ1v) is 12.2. The van der Waals surface area contributed by atoms with Crippen molar-refractivity contribution in [2.24, 2.45) is 0 Å². The Hall–Kier alpha value is -2.79. The fourth-order valence-electron chi connectivity index (χ4n) is 4.94. The molecule has 2 aliphatic heterocycles. The van der Waals surface area contributed by atoms with Crippen LogP contribution in [0.1, 0.15) is 41.5 Å². The largest absolute Gasteiger partial charge is 0.563 e. The molecule has 0 bridgehead atoms. The van der Waals surface area contributed by atoms with Crippen molar-refractivity contribution in [1.82, 2.24) is 0 Å². The number of fused-ring (bicyclic) bond motifs is 5. The van der Waals surface area contributed by atoms with E-state index in [0.29, 0.717) is 5.76 Å². The summed E-state index contributed by atoms with van der Waals surface area (Å²) < 4.78 is 24.7. The molecule has 0 saturated carbocycles. The van der Waals surface area contributed by atoms with Crippen molar-refractivity contribution in [3.05, 3.63) is 73.0 Å². The Labute approximate surface area is 207 Å². The molecule has 2 aliphatic rings. The van der Waals surface area contributed by atoms with E-state index in [1.54, 1.807) is 0 Å². The van der Waals surface area contributed by atoms with Crippen molar-refractivity contribution in [1.29, 1.82) is 0 Å². The molecule has 0 radical (unpaired) electrons. The molecule has 35 heavy (non-hydrogen) atoms. The number of hydrogen-bond acceptors (Lipinski definition) is 4. The average molecular weight is 464 g/mol. The van der Waals surface area contributed by atoms with Gasteiger partial charge >= 0.3 is 14.2 Å². The lowest BCUT2D eigenvalue weighted by Gasteiger charge is -2.32. The van der Waals surface area contributed by atoms with Crippen LogP contribution < -0.4 is 10.9 Å². The molecule has 0 amide bonds. The third-order valence-corrected chi connectivity index (χ3v) is 8.00. The minimum absolute atomic E-state index is 0.373. The molecule has 4 aromatic rings. The summed E-state index contributed by atoms with van der Waals surface area (Å²) in [5.74, 6) is 0.654. The summed E-state index contributed by atoms with van der Waals surface area (Å²) in [6.45, 7) is 16.3. The molecule has 0 atom stereocenters. The van der Waals surface area contributed by atoms with Crippen LogP contribution in [0, 0.1) is 0 Å². The maximum Gasteiger partial charge on any atom is 0.563 e. The second kappa shape index (κ2) is 7.36. The molecule has 0 unspecified atom stereocenters. The summed E-state index contributed by atoms with van der Waals surface area (Å²) in [5.41, 5.74) is 0.775. The molecule has 0 aliphatic carbocycles. The molecular formula is C29H30B2O4. The van der Waals surface area contributed by atoms with E-state index >= 15 is 0 Å². The molecule has 2 fully saturated rings. The lowest BCUT2D eigenvalue weighted by atomic mass is 9.77. The van der Waals surface area contributed by atoms with Crippen molar-refractivity contribution >= 4 is 57.5 Å². The Morgan fingerprint density at radius 3 is 1.49 bits per heavy atom. The quantitative estimate of drug-likeness (QED) is 0.291. The predicted molar refractivity (Wildman–Crippen MR) is 145 cm³/mol. The van der Waals surface area contributed by atoms with Gasteiger partial charge in [0.05, 0.1) is 17.0 Å². The first-order chi connectivity index (χ1) is 16.5. The van der Waals surface area contributed by atoms with E-state index in [1.165, 1.54) is 32.3 Å². The second-order valence-electron chi connectivity index (χ2n) is 11.3. The number of hydrogen-bond donors (Lipinski definition) is 0. The molecular weight excluding hydrogens is 434 g/mol. The maximum absolute atomic E-state index is 6.32. The minimum atomic E-state index is -0.501. The standard InChI is InChI=1S/C29H30B2O4/c1-18-27(2,3)33-30(32-18)21-12-8-19-10-15-24-23(25(19)16-21)14-11-20-9-13-22(17-26(20)24)31-34-28(4,5)29(6,7)35-31/h8-17H,1H2,2-7H3. The van der Waals surface area contributed by atoms with Gasteiger partial charge in [-0.05, 0) is 84.8 Å². The van der Waals surface area contributed by atoms with Crippen LogP contribution in [-0.2, 0) is 18.6 Å². The fraction of sp³-hybridized carbons (Fsp3) is 0.310. The van der Waals surface area contributed by atoms with Gasteiger partial charge in [0.15, 0.2) is 0 Å². The molecule has 6 rings (SSSR count). The topological polar surface area (TPSA) is 36.9 Å². The zero-order valence-electron chi connectivity index (χ0n) is 21.3. The van der Waals surface area contributed by atoms with Crippen LogP contribution >= 0.6 is 0 Å². The Balaban J connectivity index is 1.47. The highest BCUT2D eigenvalue weighted by Gasteiger charge is 2.51. The molecule has 176 valence electrons. The second-order valence-corrected chi connectivity index (χ2v) is 11.3. The van der Waals surface area contributed by atoms with Crippen LogP contribution in [0.25, 0.3) is 32.3 Å². The van der Waals surface area contributed by atoms with E-state index in [4.69, 9.17) is 18.6 Å². The Morgan fingerprint density at radius 2 is 1.03 bits per heavy atom. The predicted octanol–water partition coefficient (Wildman–Crippen LogP) is 5.48. The monoisotopic (exact) mass is 464 g/mol. The number of rotatable bonds is 2. The highest BCUT2D eigenvalue weighted by Crippen LogP contribution is 2.37. The summed E-state index contributed by atoms with van der Waals surface area (Å²) >= 11 is 0. The summed E-state index contributed by atoms with van der Waals surface area (Å²) in [7, 11) is -0.840. The summed E-state index contributed by atoms with van der Waals surface area (Å²) in [4.78, 5) is 0. The van der Waals surface area contributed by atoms with Gasteiger partial charge in [-0.1, -0.05) is 67.2 Å². The molecule has 4 nitrogen and oxygen atoms in total. The van der Waals surface area contributed by atoms with E-state index in [1.807, 2.05) is 13.8 Å². The van der Waals surface area contributed by atoms with E-state index < -0.39 is 12.7 Å². The molecule has 0 spiro atoms. The number of benzene rings is 4. The Morgan fingerprint density at radius 1 is 0.571 bits per heavy atom. The van der Waals surface area contributed by atoms with Gasteiger partial charge in [0.2, 0.25) is 0 Å². The summed E-state index contributed by atoms with van der Waals surface area (Å²) in [5, 5.41) is 7.12. The van der Waals surface area contributed by atoms with Gasteiger partial charge in [-0.3, -0.25) is 0 Å². The van der Waals surface area contributed by atoms with Gasteiger partial charge in [0.25, 0.3) is 0 Å². The van der Waals surface area contributed by atoms with Crippen molar-refractivity contribution in [3.63, 3.8) is 0 Å². The highest BCUT2D eigenvalue weighted by atomic mass is 16.7. The molecule has 4 aromatic carbocycles. The highest BCUT2D eigenvalue weighted by molar-refractivity contribution is 6.63. The summed E-state index contributed by atoms with van der Waals surface area (Å²) in [6.07, 6.45) is 0. The Kier molecular flexibility index (Phi) is 4.76. The molecule has 0 aromatic heterocycles. The van der Waals surface area contributed by atoms with E-state index in [0.717, 1.165) is 10.9 Å². The fourth-order valence-corrected chi connectivity index (χ4v) is 4.94. The van der Waals surface area contributed by atoms with Gasteiger partial charge in [0.1, 0.15) is 5.60 Å². The third kappa shape index (κ3) is 3.50. The van der Waals surface area contributed by atoms with Gasteiger partial charge < -0.3 is 18.6 Å². The van der Waals surface area contributed by atoms with Gasteiger partial charge in [-0.25, -0.2) is 0 Å². The molecule has 0 N–H and O–H groups in total. The molecule has 2 heterocycles. The van der Waals surface area contributed by atoms with Gasteiger partial charge in [0, 0.05) is 0 Å². The normalized spacial score (nSPS) is 20.8. The minimum Gasteiger partial charge on any atom is -0.534 e. The van der Waals surface area contributed by atoms with E-state index in [9.17, 15) is 0 Å². The third-order valence-electron chi connectivity index (χ3n) is 8.00. The summed E-state index contributed by atoms with van der Waals surface area (Å²) in [6, 6.07) is 21.7. The average Bonchev–Trinajstić information content (AvgIpc) is 3.21. The smallest absolute Gasteiger partial charge is 0.534 e. The van der Waals surface area contributed by atoms with Crippen molar-refractivity contribution in [3.8, 4) is 0 Å². The van der Waals surface area contributed by atoms with Crippen LogP contribution in [-0.4, -0.2) is 31.0 Å². The maximum atomic E-state index is 6.32. The SMILES string of the molecule is C=C1OB(c2ccc3ccc4c5cc(B6OC(C)(C)C(C)(C)O6)ccc5ccc4c3c2)OC1(C)C. The zero-order chi connectivity index (χ0) is 24.8. The zero-order valence-corrected chi connectivity index (χ0v) is 21.3. The van der Waals surface area contributed by atoms with Crippen LogP contribution in [0.2, 0.25) is 0 Å². The van der Waals surface area contributed by atoms with Crippen molar-refractivity contribution in [2.75, 3.05) is 0 Å². The van der Waals surface area contributed by atoms with E-state index in [2.05, 4.69) is 94.9 Å². The molecule has 6 heteroatoms. The van der Waals surface area contributed by atoms with Gasteiger partial charge in [-0.15, -0.1) is 0 Å². The van der Waals surface area contributed by atoms with Crippen LogP contribution in [0.4, 0.5) is 0 Å². The Bertz CT molecular complexity index is 1510. The van der Waals surface area contributed by atoms with Gasteiger partial charge in [-0.2, -0.15) is 0 Å². The van der Waals surface area contributed by atoms with Crippen molar-refractivity contribution in [2.45, 2.75) is 58.3 Å². The lowest BCUT2D eigenvalue weighted by Crippen LogP contribution is -2.41. The first kappa shape index (κ1) is 22.7. The molecule has 2 saturated heterocycles. The first-order valence-electron chi connectivity index (χ1n) is 12.2.